The predicted molar refractivity (Wildman–Crippen MR) is 93.4 cm³/mol. The highest BCUT2D eigenvalue weighted by Gasteiger charge is 2.05. The minimum atomic E-state index is -0.215. The Morgan fingerprint density at radius 2 is 1.59 bits per heavy atom. The standard InChI is InChI=1S/C17H11IN2O2/c18-14-5-3-13(4-6-14)16-9-10-17(22)20(19-16)15-7-1-12(11-21)2-8-15/h1-11H. The van der Waals surface area contributed by atoms with E-state index in [2.05, 4.69) is 27.7 Å². The van der Waals surface area contributed by atoms with Crippen LogP contribution in [0.25, 0.3) is 16.9 Å². The van der Waals surface area contributed by atoms with Gasteiger partial charge in [-0.2, -0.15) is 9.78 Å². The van der Waals surface area contributed by atoms with Crippen molar-refractivity contribution >= 4 is 28.9 Å². The lowest BCUT2D eigenvalue weighted by Gasteiger charge is -2.07. The summed E-state index contributed by atoms with van der Waals surface area (Å²) >= 11 is 2.24. The van der Waals surface area contributed by atoms with E-state index in [9.17, 15) is 9.59 Å². The Balaban J connectivity index is 2.07. The van der Waals surface area contributed by atoms with Gasteiger partial charge in [-0.1, -0.05) is 12.1 Å². The van der Waals surface area contributed by atoms with Crippen LogP contribution >= 0.6 is 22.6 Å². The third kappa shape index (κ3) is 2.99. The van der Waals surface area contributed by atoms with E-state index in [-0.39, 0.29) is 5.56 Å². The molecule has 0 atom stereocenters. The fraction of sp³-hybridized carbons (Fsp3) is 0. The molecule has 0 aliphatic heterocycles. The van der Waals surface area contributed by atoms with E-state index in [1.165, 1.54) is 10.7 Å². The summed E-state index contributed by atoms with van der Waals surface area (Å²) < 4.78 is 2.47. The summed E-state index contributed by atoms with van der Waals surface area (Å²) in [4.78, 5) is 22.7. The van der Waals surface area contributed by atoms with Gasteiger partial charge in [0.15, 0.2) is 0 Å². The number of benzene rings is 2. The Hall–Kier alpha value is -2.28. The number of halogens is 1. The van der Waals surface area contributed by atoms with Crippen LogP contribution in [0.3, 0.4) is 0 Å². The van der Waals surface area contributed by atoms with E-state index in [0.717, 1.165) is 21.1 Å². The van der Waals surface area contributed by atoms with E-state index >= 15 is 0 Å². The van der Waals surface area contributed by atoms with Crippen molar-refractivity contribution in [3.8, 4) is 16.9 Å². The van der Waals surface area contributed by atoms with Crippen LogP contribution < -0.4 is 5.56 Å². The summed E-state index contributed by atoms with van der Waals surface area (Å²) in [6, 6.07) is 17.9. The third-order valence-corrected chi connectivity index (χ3v) is 3.93. The zero-order chi connectivity index (χ0) is 15.5. The molecule has 0 saturated carbocycles. The molecule has 2 aromatic carbocycles. The summed E-state index contributed by atoms with van der Waals surface area (Å²) in [7, 11) is 0. The van der Waals surface area contributed by atoms with E-state index < -0.39 is 0 Å². The van der Waals surface area contributed by atoms with Crippen LogP contribution in [-0.4, -0.2) is 16.1 Å². The Kier molecular flexibility index (Phi) is 4.15. The molecule has 3 rings (SSSR count). The number of aromatic nitrogens is 2. The summed E-state index contributed by atoms with van der Waals surface area (Å²) in [6.45, 7) is 0. The largest absolute Gasteiger partial charge is 0.298 e. The normalized spacial score (nSPS) is 10.4. The predicted octanol–water partition coefficient (Wildman–Crippen LogP) is 3.32. The van der Waals surface area contributed by atoms with Gasteiger partial charge >= 0.3 is 0 Å². The topological polar surface area (TPSA) is 52.0 Å². The Morgan fingerprint density at radius 3 is 2.23 bits per heavy atom. The maximum atomic E-state index is 12.0. The van der Waals surface area contributed by atoms with Gasteiger partial charge in [-0.05, 0) is 65.1 Å². The number of hydrogen-bond donors (Lipinski definition) is 0. The molecular formula is C17H11IN2O2. The third-order valence-electron chi connectivity index (χ3n) is 3.21. The van der Waals surface area contributed by atoms with E-state index in [0.29, 0.717) is 11.3 Å². The average molecular weight is 402 g/mol. The zero-order valence-electron chi connectivity index (χ0n) is 11.4. The maximum Gasteiger partial charge on any atom is 0.271 e. The summed E-state index contributed by atoms with van der Waals surface area (Å²) in [5.74, 6) is 0. The van der Waals surface area contributed by atoms with Gasteiger partial charge in [-0.3, -0.25) is 9.59 Å². The highest BCUT2D eigenvalue weighted by molar-refractivity contribution is 14.1. The molecule has 0 N–H and O–H groups in total. The van der Waals surface area contributed by atoms with Gasteiger partial charge in [0, 0.05) is 20.8 Å². The number of carbonyl (C=O) groups excluding carboxylic acids is 1. The average Bonchev–Trinajstić information content (AvgIpc) is 2.56. The van der Waals surface area contributed by atoms with Crippen LogP contribution in [0.2, 0.25) is 0 Å². The second-order valence-corrected chi connectivity index (χ2v) is 5.93. The van der Waals surface area contributed by atoms with Crippen molar-refractivity contribution < 1.29 is 4.79 Å². The molecular weight excluding hydrogens is 391 g/mol. The summed E-state index contributed by atoms with van der Waals surface area (Å²) in [6.07, 6.45) is 0.766. The molecule has 0 aliphatic carbocycles. The molecule has 5 heteroatoms. The minimum Gasteiger partial charge on any atom is -0.298 e. The number of hydrogen-bond acceptors (Lipinski definition) is 3. The Labute approximate surface area is 140 Å². The smallest absolute Gasteiger partial charge is 0.271 e. The molecule has 0 amide bonds. The van der Waals surface area contributed by atoms with Gasteiger partial charge in [-0.15, -0.1) is 0 Å². The molecule has 22 heavy (non-hydrogen) atoms. The lowest BCUT2D eigenvalue weighted by atomic mass is 10.1. The van der Waals surface area contributed by atoms with E-state index in [1.54, 1.807) is 30.3 Å². The van der Waals surface area contributed by atoms with Gasteiger partial charge in [0.05, 0.1) is 11.4 Å². The number of rotatable bonds is 3. The second-order valence-electron chi connectivity index (χ2n) is 4.68. The van der Waals surface area contributed by atoms with Crippen LogP contribution in [-0.2, 0) is 0 Å². The molecule has 1 aromatic heterocycles. The van der Waals surface area contributed by atoms with Gasteiger partial charge in [-0.25, -0.2) is 0 Å². The van der Waals surface area contributed by atoms with E-state index in [1.807, 2.05) is 24.3 Å². The molecule has 108 valence electrons. The zero-order valence-corrected chi connectivity index (χ0v) is 13.6. The Morgan fingerprint density at radius 1 is 0.909 bits per heavy atom. The van der Waals surface area contributed by atoms with Gasteiger partial charge in [0.25, 0.3) is 5.56 Å². The first kappa shape index (κ1) is 14.6. The van der Waals surface area contributed by atoms with Crippen molar-refractivity contribution in [2.45, 2.75) is 0 Å². The molecule has 0 spiro atoms. The van der Waals surface area contributed by atoms with Gasteiger partial charge < -0.3 is 0 Å². The summed E-state index contributed by atoms with van der Waals surface area (Å²) in [5, 5.41) is 4.41. The number of nitrogens with zero attached hydrogens (tertiary/aromatic N) is 2. The van der Waals surface area contributed by atoms with Crippen LogP contribution in [0, 0.1) is 3.57 Å². The van der Waals surface area contributed by atoms with Crippen molar-refractivity contribution in [3.05, 3.63) is 80.2 Å². The molecule has 4 nitrogen and oxygen atoms in total. The van der Waals surface area contributed by atoms with Gasteiger partial charge in [0.2, 0.25) is 0 Å². The highest BCUT2D eigenvalue weighted by atomic mass is 127. The second kappa shape index (κ2) is 6.23. The lowest BCUT2D eigenvalue weighted by Crippen LogP contribution is -2.20. The fourth-order valence-electron chi connectivity index (χ4n) is 2.06. The molecule has 0 radical (unpaired) electrons. The highest BCUT2D eigenvalue weighted by Crippen LogP contribution is 2.17. The fourth-order valence-corrected chi connectivity index (χ4v) is 2.42. The molecule has 1 heterocycles. The first-order chi connectivity index (χ1) is 10.7. The van der Waals surface area contributed by atoms with Crippen molar-refractivity contribution in [3.63, 3.8) is 0 Å². The van der Waals surface area contributed by atoms with Gasteiger partial charge in [0.1, 0.15) is 6.29 Å². The molecule has 0 unspecified atom stereocenters. The number of aldehydes is 1. The minimum absolute atomic E-state index is 0.215. The molecule has 0 aliphatic rings. The van der Waals surface area contributed by atoms with Crippen LogP contribution in [0.15, 0.2) is 65.5 Å². The maximum absolute atomic E-state index is 12.0. The monoisotopic (exact) mass is 402 g/mol. The summed E-state index contributed by atoms with van der Waals surface area (Å²) in [5.41, 5.74) is 2.64. The van der Waals surface area contributed by atoms with Crippen molar-refractivity contribution in [2.75, 3.05) is 0 Å². The quantitative estimate of drug-likeness (QED) is 0.499. The number of carbonyl (C=O) groups is 1. The Bertz CT molecular complexity index is 868. The first-order valence-electron chi connectivity index (χ1n) is 6.59. The molecule has 0 saturated heterocycles. The molecule has 3 aromatic rings. The first-order valence-corrected chi connectivity index (χ1v) is 7.67. The van der Waals surface area contributed by atoms with Crippen LogP contribution in [0.4, 0.5) is 0 Å². The van der Waals surface area contributed by atoms with Crippen LogP contribution in [0.5, 0.6) is 0 Å². The van der Waals surface area contributed by atoms with Crippen molar-refractivity contribution in [2.24, 2.45) is 0 Å². The van der Waals surface area contributed by atoms with Crippen LogP contribution in [0.1, 0.15) is 10.4 Å². The SMILES string of the molecule is O=Cc1ccc(-n2nc(-c3ccc(I)cc3)ccc2=O)cc1. The van der Waals surface area contributed by atoms with Crippen molar-refractivity contribution in [1.82, 2.24) is 9.78 Å². The molecule has 0 bridgehead atoms. The molecule has 0 fully saturated rings. The van der Waals surface area contributed by atoms with E-state index in [4.69, 9.17) is 0 Å². The lowest BCUT2D eigenvalue weighted by molar-refractivity contribution is 0.112. The van der Waals surface area contributed by atoms with Crippen molar-refractivity contribution in [1.29, 1.82) is 0 Å².